The molecule has 0 heterocycles. The fraction of sp³-hybridized carbons (Fsp3) is 0.263. The lowest BCUT2D eigenvalue weighted by atomic mass is 10.0. The second-order valence-electron chi connectivity index (χ2n) is 6.01. The number of sulfonamides is 1. The molecule has 0 aliphatic rings. The summed E-state index contributed by atoms with van der Waals surface area (Å²) in [4.78, 5) is 23.3. The number of carbonyl (C=O) groups is 2. The maximum atomic E-state index is 12.1. The minimum absolute atomic E-state index is 0.0449. The highest BCUT2D eigenvalue weighted by Gasteiger charge is 2.11. The van der Waals surface area contributed by atoms with Crippen LogP contribution in [-0.2, 0) is 21.2 Å². The first-order valence-corrected chi connectivity index (χ1v) is 10.2. The Morgan fingerprint density at radius 3 is 2.26 bits per heavy atom. The molecule has 0 unspecified atom stereocenters. The molecular formula is C19H22N2O5S. The van der Waals surface area contributed by atoms with Gasteiger partial charge in [0.1, 0.15) is 0 Å². The normalized spacial score (nSPS) is 11.0. The molecular weight excluding hydrogens is 368 g/mol. The average molecular weight is 390 g/mol. The van der Waals surface area contributed by atoms with Crippen LogP contribution < -0.4 is 10.0 Å². The smallest absolute Gasteiger partial charge is 0.335 e. The molecule has 2 aromatic rings. The first-order valence-electron chi connectivity index (χ1n) is 8.52. The summed E-state index contributed by atoms with van der Waals surface area (Å²) in [7, 11) is -3.36. The number of carbonyl (C=O) groups excluding carboxylic acids is 1. The molecule has 7 nitrogen and oxygen atoms in total. The number of carboxylic acids is 1. The molecule has 2 rings (SSSR count). The van der Waals surface area contributed by atoms with Gasteiger partial charge in [0.25, 0.3) is 0 Å². The molecule has 0 aromatic heterocycles. The fourth-order valence-corrected chi connectivity index (χ4v) is 3.67. The maximum Gasteiger partial charge on any atom is 0.335 e. The van der Waals surface area contributed by atoms with Crippen LogP contribution in [0.4, 0.5) is 11.4 Å². The summed E-state index contributed by atoms with van der Waals surface area (Å²) in [6.07, 6.45) is 0.965. The molecule has 0 saturated carbocycles. The molecule has 144 valence electrons. The molecule has 3 N–H and O–H groups in total. The average Bonchev–Trinajstić information content (AvgIpc) is 2.61. The molecule has 0 bridgehead atoms. The second kappa shape index (κ2) is 9.18. The van der Waals surface area contributed by atoms with Crippen LogP contribution in [0, 0.1) is 0 Å². The molecule has 1 amide bonds. The summed E-state index contributed by atoms with van der Waals surface area (Å²) in [5, 5.41) is 11.9. The Morgan fingerprint density at radius 2 is 1.63 bits per heavy atom. The minimum atomic E-state index is -3.36. The zero-order valence-corrected chi connectivity index (χ0v) is 15.8. The Hall–Kier alpha value is -2.87. The van der Waals surface area contributed by atoms with Gasteiger partial charge in [-0.15, -0.1) is 0 Å². The monoisotopic (exact) mass is 390 g/mol. The Bertz CT molecular complexity index is 908. The lowest BCUT2D eigenvalue weighted by Crippen LogP contribution is -2.16. The van der Waals surface area contributed by atoms with Crippen molar-refractivity contribution in [1.29, 1.82) is 0 Å². The van der Waals surface area contributed by atoms with Gasteiger partial charge in [0.2, 0.25) is 15.9 Å². The summed E-state index contributed by atoms with van der Waals surface area (Å²) in [5.74, 6) is -1.23. The number of carboxylic acid groups (broad SMARTS) is 1. The lowest BCUT2D eigenvalue weighted by molar-refractivity contribution is -0.116. The number of hydrogen-bond acceptors (Lipinski definition) is 4. The van der Waals surface area contributed by atoms with E-state index in [0.29, 0.717) is 29.8 Å². The summed E-state index contributed by atoms with van der Waals surface area (Å²) in [6, 6.07) is 12.9. The van der Waals surface area contributed by atoms with E-state index in [2.05, 4.69) is 10.0 Å². The molecule has 0 aliphatic carbocycles. The van der Waals surface area contributed by atoms with Gasteiger partial charge in [0, 0.05) is 17.8 Å². The van der Waals surface area contributed by atoms with Crippen molar-refractivity contribution in [3.05, 3.63) is 59.7 Å². The Kier molecular flexibility index (Phi) is 6.95. The van der Waals surface area contributed by atoms with Crippen molar-refractivity contribution in [2.24, 2.45) is 0 Å². The number of rotatable bonds is 9. The third-order valence-electron chi connectivity index (χ3n) is 3.78. The van der Waals surface area contributed by atoms with Crippen molar-refractivity contribution in [3.8, 4) is 0 Å². The van der Waals surface area contributed by atoms with Crippen LogP contribution in [0.1, 0.15) is 35.7 Å². The number of hydrogen-bond donors (Lipinski definition) is 3. The Morgan fingerprint density at radius 1 is 1.00 bits per heavy atom. The summed E-state index contributed by atoms with van der Waals surface area (Å²) in [6.45, 7) is 1.78. The van der Waals surface area contributed by atoms with Gasteiger partial charge in [-0.05, 0) is 48.7 Å². The SMILES string of the molecule is CCCS(=O)(=O)Nc1ccc(NC(=O)CCc2ccccc2C(=O)O)cc1. The summed E-state index contributed by atoms with van der Waals surface area (Å²) in [5.41, 5.74) is 1.75. The van der Waals surface area contributed by atoms with Crippen molar-refractivity contribution >= 4 is 33.3 Å². The molecule has 2 aromatic carbocycles. The van der Waals surface area contributed by atoms with Crippen molar-refractivity contribution < 1.29 is 23.1 Å². The molecule has 0 atom stereocenters. The van der Waals surface area contributed by atoms with Crippen molar-refractivity contribution in [1.82, 2.24) is 0 Å². The van der Waals surface area contributed by atoms with Gasteiger partial charge in [-0.3, -0.25) is 9.52 Å². The zero-order chi connectivity index (χ0) is 19.9. The Balaban J connectivity index is 1.92. The van der Waals surface area contributed by atoms with Gasteiger partial charge in [0.15, 0.2) is 0 Å². The summed E-state index contributed by atoms with van der Waals surface area (Å²) >= 11 is 0. The highest BCUT2D eigenvalue weighted by Crippen LogP contribution is 2.16. The zero-order valence-electron chi connectivity index (χ0n) is 14.9. The molecule has 8 heteroatoms. The van der Waals surface area contributed by atoms with Crippen LogP contribution in [0.25, 0.3) is 0 Å². The topological polar surface area (TPSA) is 113 Å². The molecule has 0 aliphatic heterocycles. The molecule has 0 spiro atoms. The van der Waals surface area contributed by atoms with Gasteiger partial charge in [-0.1, -0.05) is 25.1 Å². The maximum absolute atomic E-state index is 12.1. The Labute approximate surface area is 158 Å². The van der Waals surface area contributed by atoms with Gasteiger partial charge in [-0.2, -0.15) is 0 Å². The van der Waals surface area contributed by atoms with Gasteiger partial charge >= 0.3 is 5.97 Å². The van der Waals surface area contributed by atoms with Crippen molar-refractivity contribution in [2.75, 3.05) is 15.8 Å². The predicted octanol–water partition coefficient (Wildman–Crippen LogP) is 3.11. The predicted molar refractivity (Wildman–Crippen MR) is 104 cm³/mol. The highest BCUT2D eigenvalue weighted by atomic mass is 32.2. The first-order chi connectivity index (χ1) is 12.8. The van der Waals surface area contributed by atoms with Crippen LogP contribution in [0.15, 0.2) is 48.5 Å². The van der Waals surface area contributed by atoms with E-state index in [-0.39, 0.29) is 23.6 Å². The van der Waals surface area contributed by atoms with Crippen LogP contribution in [0.5, 0.6) is 0 Å². The van der Waals surface area contributed by atoms with Gasteiger partial charge in [-0.25, -0.2) is 13.2 Å². The highest BCUT2D eigenvalue weighted by molar-refractivity contribution is 7.92. The lowest BCUT2D eigenvalue weighted by Gasteiger charge is -2.09. The standard InChI is InChI=1S/C19H22N2O5S/c1-2-13-27(25,26)21-16-10-8-15(9-11-16)20-18(22)12-7-14-5-3-4-6-17(14)19(23)24/h3-6,8-11,21H,2,7,12-13H2,1H3,(H,20,22)(H,23,24). The molecule has 27 heavy (non-hydrogen) atoms. The van der Waals surface area contributed by atoms with Crippen LogP contribution in [0.2, 0.25) is 0 Å². The molecule has 0 fully saturated rings. The third kappa shape index (κ3) is 6.41. The number of benzene rings is 2. The first kappa shape index (κ1) is 20.4. The third-order valence-corrected chi connectivity index (χ3v) is 5.28. The fourth-order valence-electron chi connectivity index (χ4n) is 2.54. The second-order valence-corrected chi connectivity index (χ2v) is 7.85. The van der Waals surface area contributed by atoms with Crippen LogP contribution in [0.3, 0.4) is 0 Å². The van der Waals surface area contributed by atoms with Gasteiger partial charge < -0.3 is 10.4 Å². The number of aromatic carboxylic acids is 1. The van der Waals surface area contributed by atoms with Crippen molar-refractivity contribution in [2.45, 2.75) is 26.2 Å². The number of anilines is 2. The van der Waals surface area contributed by atoms with E-state index >= 15 is 0 Å². The van der Waals surface area contributed by atoms with E-state index in [1.807, 2.05) is 0 Å². The number of nitrogens with one attached hydrogen (secondary N) is 2. The minimum Gasteiger partial charge on any atom is -0.478 e. The van der Waals surface area contributed by atoms with Gasteiger partial charge in [0.05, 0.1) is 11.3 Å². The largest absolute Gasteiger partial charge is 0.478 e. The summed E-state index contributed by atoms with van der Waals surface area (Å²) < 4.78 is 25.9. The molecule has 0 saturated heterocycles. The van der Waals surface area contributed by atoms with Crippen LogP contribution >= 0.6 is 0 Å². The van der Waals surface area contributed by atoms with Crippen LogP contribution in [-0.4, -0.2) is 31.2 Å². The van der Waals surface area contributed by atoms with E-state index in [9.17, 15) is 18.0 Å². The molecule has 0 radical (unpaired) electrons. The van der Waals surface area contributed by atoms with E-state index in [1.54, 1.807) is 49.4 Å². The number of aryl methyl sites for hydroxylation is 1. The quantitative estimate of drug-likeness (QED) is 0.609. The van der Waals surface area contributed by atoms with E-state index in [4.69, 9.17) is 5.11 Å². The van der Waals surface area contributed by atoms with E-state index in [1.165, 1.54) is 6.07 Å². The van der Waals surface area contributed by atoms with E-state index < -0.39 is 16.0 Å². The number of amides is 1. The van der Waals surface area contributed by atoms with Crippen molar-refractivity contribution in [3.63, 3.8) is 0 Å². The van der Waals surface area contributed by atoms with E-state index in [0.717, 1.165) is 0 Å².